The summed E-state index contributed by atoms with van der Waals surface area (Å²) in [4.78, 5) is 17.0. The second-order valence-corrected chi connectivity index (χ2v) is 21.5. The number of Topliss-reactive ketones (excluding diaryl/α,β-unsaturated/α-hetero) is 1. The highest BCUT2D eigenvalue weighted by Crippen LogP contribution is 2.71. The number of aliphatic hydroxyl groups is 3. The molecule has 0 aromatic carbocycles. The van der Waals surface area contributed by atoms with Crippen molar-refractivity contribution < 1.29 is 20.1 Å². The summed E-state index contributed by atoms with van der Waals surface area (Å²) in [6.07, 6.45) is 26.8. The fourth-order valence-electron chi connectivity index (χ4n) is 16.6. The molecule has 3 N–H and O–H groups in total. The smallest absolute Gasteiger partial charge is 0.161 e. The molecule has 51 heavy (non-hydrogen) atoms. The maximum atomic E-state index is 12.3. The molecule has 5 heteroatoms. The molecule has 4 unspecified atom stereocenters. The van der Waals surface area contributed by atoms with Crippen molar-refractivity contribution in [1.29, 1.82) is 0 Å². The lowest BCUT2D eigenvalue weighted by Gasteiger charge is -2.63. The van der Waals surface area contributed by atoms with Gasteiger partial charge in [0.15, 0.2) is 5.78 Å². The first-order chi connectivity index (χ1) is 24.1. The summed E-state index contributed by atoms with van der Waals surface area (Å²) < 4.78 is 0. The van der Waals surface area contributed by atoms with E-state index in [0.29, 0.717) is 34.5 Å². The number of nitrogens with zero attached hydrogens (tertiary/aromatic N) is 1. The lowest BCUT2D eigenvalue weighted by molar-refractivity contribution is -0.208. The van der Waals surface area contributed by atoms with Crippen molar-refractivity contribution in [2.75, 3.05) is 6.61 Å². The van der Waals surface area contributed by atoms with E-state index in [0.717, 1.165) is 81.0 Å². The second kappa shape index (κ2) is 12.8. The van der Waals surface area contributed by atoms with Crippen molar-refractivity contribution in [1.82, 2.24) is 0 Å². The van der Waals surface area contributed by atoms with Crippen LogP contribution in [0.4, 0.5) is 0 Å². The Labute approximate surface area is 310 Å². The molecule has 9 rings (SSSR count). The van der Waals surface area contributed by atoms with Crippen LogP contribution in [0.1, 0.15) is 164 Å². The maximum absolute atomic E-state index is 12.3. The normalized spacial score (nSPS) is 55.5. The van der Waals surface area contributed by atoms with Crippen LogP contribution in [-0.2, 0) is 4.79 Å². The standard InChI is InChI=1S/C24H37NO.C22H36O3/c1-16-8-11-22(2)17(15-16)6-7-19-18(22)9-12-23(3)20(10-13-24(19,23)26)21-5-4-14-25-21;1-14-6-9-20(2)15(12-14)4-5-17-16(20)7-10-21(3)18(19(24)13-23)8-11-22(17,21)25/h5,14,16-20,26H,4,6-13,15H2,1-3H3;14-18,23,25H,4-13H2,1-3H3/t16-,17+,18?,19?,20+,22-,23+,24-;14-,15+,16?,17?,18+,20-,21+,22-/m00/s1. The van der Waals surface area contributed by atoms with E-state index in [2.05, 4.69) is 53.8 Å². The van der Waals surface area contributed by atoms with Crippen molar-refractivity contribution in [2.45, 2.75) is 175 Å². The maximum Gasteiger partial charge on any atom is 0.161 e. The van der Waals surface area contributed by atoms with Crippen LogP contribution in [-0.4, -0.2) is 45.1 Å². The summed E-state index contributed by atoms with van der Waals surface area (Å²) in [5.41, 5.74) is 0.680. The predicted molar refractivity (Wildman–Crippen MR) is 205 cm³/mol. The lowest BCUT2D eigenvalue weighted by Crippen LogP contribution is -2.62. The van der Waals surface area contributed by atoms with Gasteiger partial charge in [0, 0.05) is 41.0 Å². The van der Waals surface area contributed by atoms with Gasteiger partial charge in [-0.3, -0.25) is 9.79 Å². The minimum absolute atomic E-state index is 0.0346. The monoisotopic (exact) mass is 704 g/mol. The van der Waals surface area contributed by atoms with E-state index in [1.165, 1.54) is 76.3 Å². The van der Waals surface area contributed by atoms with E-state index in [9.17, 15) is 20.1 Å². The van der Waals surface area contributed by atoms with Gasteiger partial charge in [-0.1, -0.05) is 60.5 Å². The Bertz CT molecular complexity index is 1420. The molecule has 0 radical (unpaired) electrons. The number of rotatable bonds is 3. The van der Waals surface area contributed by atoms with E-state index >= 15 is 0 Å². The zero-order chi connectivity index (χ0) is 36.2. The van der Waals surface area contributed by atoms with Crippen LogP contribution in [0.15, 0.2) is 16.8 Å². The third-order valence-corrected chi connectivity index (χ3v) is 19.8. The fourth-order valence-corrected chi connectivity index (χ4v) is 16.6. The summed E-state index contributed by atoms with van der Waals surface area (Å²) in [7, 11) is 0. The first kappa shape index (κ1) is 36.9. The van der Waals surface area contributed by atoms with Gasteiger partial charge in [0.2, 0.25) is 0 Å². The molecule has 5 nitrogen and oxygen atoms in total. The van der Waals surface area contributed by atoms with Gasteiger partial charge >= 0.3 is 0 Å². The van der Waals surface area contributed by atoms with Gasteiger partial charge in [-0.15, -0.1) is 0 Å². The Morgan fingerprint density at radius 2 is 1.20 bits per heavy atom. The topological polar surface area (TPSA) is 90.1 Å². The molecule has 9 aliphatic rings. The van der Waals surface area contributed by atoms with Gasteiger partial charge in [0.25, 0.3) is 0 Å². The van der Waals surface area contributed by atoms with Gasteiger partial charge in [-0.2, -0.15) is 0 Å². The first-order valence-corrected chi connectivity index (χ1v) is 22.0. The summed E-state index contributed by atoms with van der Waals surface area (Å²) in [5, 5.41) is 33.5. The van der Waals surface area contributed by atoms with E-state index in [1.807, 2.05) is 0 Å². The molecule has 1 aliphatic heterocycles. The van der Waals surface area contributed by atoms with E-state index in [-0.39, 0.29) is 29.1 Å². The summed E-state index contributed by atoms with van der Waals surface area (Å²) in [6.45, 7) is 14.1. The molecule has 8 saturated carbocycles. The number of hydrogen-bond acceptors (Lipinski definition) is 5. The van der Waals surface area contributed by atoms with Crippen molar-refractivity contribution in [3.63, 3.8) is 0 Å². The average molecular weight is 704 g/mol. The van der Waals surface area contributed by atoms with E-state index in [4.69, 9.17) is 4.99 Å². The molecule has 1 heterocycles. The number of carbonyl (C=O) groups excluding carboxylic acids is 1. The number of ketones is 1. The Morgan fingerprint density at radius 3 is 1.73 bits per heavy atom. The molecule has 8 fully saturated rings. The van der Waals surface area contributed by atoms with E-state index in [1.54, 1.807) is 0 Å². The minimum atomic E-state index is -0.706. The summed E-state index contributed by atoms with van der Waals surface area (Å²) >= 11 is 0. The SMILES string of the molecule is C[C@H]1CC[C@]2(C)C3CC[C@]4(C)[C@@H](C(=O)CO)CC[C@]4(O)C3CC[C@@H]2C1.C[C@H]1CC[C@]2(C)C3CC[C@]4(C)[C@@H](C5=CCC=N5)CC[C@]4(O)C3CC[C@@H]2C1. The molecular formula is C46H73NO4. The van der Waals surface area contributed by atoms with Crippen LogP contribution in [0, 0.1) is 80.8 Å². The predicted octanol–water partition coefficient (Wildman–Crippen LogP) is 9.71. The van der Waals surface area contributed by atoms with E-state index < -0.39 is 11.2 Å². The number of aliphatic imine (C=N–C) groups is 1. The Morgan fingerprint density at radius 1 is 0.667 bits per heavy atom. The Hall–Kier alpha value is -1.04. The van der Waals surface area contributed by atoms with Crippen LogP contribution in [0.3, 0.4) is 0 Å². The second-order valence-electron chi connectivity index (χ2n) is 21.5. The molecule has 0 saturated heterocycles. The highest BCUT2D eigenvalue weighted by molar-refractivity contribution is 5.83. The molecule has 0 aromatic rings. The molecule has 0 amide bonds. The van der Waals surface area contributed by atoms with Crippen LogP contribution < -0.4 is 0 Å². The van der Waals surface area contributed by atoms with Gasteiger partial charge in [-0.25, -0.2) is 0 Å². The highest BCUT2D eigenvalue weighted by Gasteiger charge is 2.69. The highest BCUT2D eigenvalue weighted by atomic mass is 16.3. The zero-order valence-corrected chi connectivity index (χ0v) is 33.3. The van der Waals surface area contributed by atoms with Crippen molar-refractivity contribution in [3.05, 3.63) is 11.8 Å². The van der Waals surface area contributed by atoms with Crippen LogP contribution in [0.25, 0.3) is 0 Å². The summed E-state index contributed by atoms with van der Waals surface area (Å²) in [5.74, 6) is 5.97. The van der Waals surface area contributed by atoms with Crippen LogP contribution >= 0.6 is 0 Å². The number of fused-ring (bicyclic) bond motifs is 10. The van der Waals surface area contributed by atoms with Crippen molar-refractivity contribution in [2.24, 2.45) is 85.8 Å². The molecular weight excluding hydrogens is 631 g/mol. The third-order valence-electron chi connectivity index (χ3n) is 19.8. The molecule has 286 valence electrons. The number of carbonyl (C=O) groups is 1. The van der Waals surface area contributed by atoms with Crippen LogP contribution in [0.5, 0.6) is 0 Å². The molecule has 8 aliphatic carbocycles. The van der Waals surface area contributed by atoms with Gasteiger partial charge < -0.3 is 15.3 Å². The first-order valence-electron chi connectivity index (χ1n) is 22.0. The summed E-state index contributed by atoms with van der Waals surface area (Å²) in [6, 6.07) is 0. The lowest BCUT2D eigenvalue weighted by atomic mass is 9.43. The largest absolute Gasteiger partial charge is 0.389 e. The average Bonchev–Trinajstić information content (AvgIpc) is 3.80. The van der Waals surface area contributed by atoms with Crippen LogP contribution in [0.2, 0.25) is 0 Å². The minimum Gasteiger partial charge on any atom is -0.389 e. The van der Waals surface area contributed by atoms with Crippen molar-refractivity contribution in [3.8, 4) is 0 Å². The number of allylic oxidation sites excluding steroid dienone is 2. The van der Waals surface area contributed by atoms with Gasteiger partial charge in [-0.05, 0) is 161 Å². The fraction of sp³-hybridized carbons (Fsp3) is 0.913. The number of hydrogen-bond donors (Lipinski definition) is 3. The number of aliphatic hydroxyl groups excluding tert-OH is 1. The zero-order valence-electron chi connectivity index (χ0n) is 33.3. The van der Waals surface area contributed by atoms with Gasteiger partial charge in [0.05, 0.1) is 11.2 Å². The molecule has 16 atom stereocenters. The van der Waals surface area contributed by atoms with Gasteiger partial charge in [0.1, 0.15) is 6.61 Å². The third kappa shape index (κ3) is 5.21. The van der Waals surface area contributed by atoms with Crippen molar-refractivity contribution >= 4 is 12.0 Å². The molecule has 0 bridgehead atoms. The molecule has 0 aromatic heterocycles. The molecule has 0 spiro atoms. The Kier molecular flexibility index (Phi) is 9.23. The Balaban J connectivity index is 0.000000147. The quantitative estimate of drug-likeness (QED) is 0.273.